The number of hydrogen-bond acceptors (Lipinski definition) is 3. The second-order valence-electron chi connectivity index (χ2n) is 9.43. The average Bonchev–Trinajstić information content (AvgIpc) is 2.96. The topological polar surface area (TPSA) is 40.6 Å². The van der Waals surface area contributed by atoms with Crippen LogP contribution in [0, 0.1) is 5.82 Å². The largest absolute Gasteiger partial charge is 0.334 e. The maximum Gasteiger partial charge on any atom is 0.265 e. The van der Waals surface area contributed by atoms with Crippen LogP contribution in [0.3, 0.4) is 0 Å². The van der Waals surface area contributed by atoms with Crippen LogP contribution in [0.5, 0.6) is 0 Å². The van der Waals surface area contributed by atoms with Crippen LogP contribution in [0.1, 0.15) is 32.6 Å². The summed E-state index contributed by atoms with van der Waals surface area (Å²) in [4.78, 5) is 31.7. The summed E-state index contributed by atoms with van der Waals surface area (Å²) < 4.78 is 14.4. The molecule has 4 aromatic rings. The second-order valence-corrected chi connectivity index (χ2v) is 10.5. The fraction of sp³-hybridized carbons (Fsp3) is 0.125. The molecule has 0 spiro atoms. The lowest BCUT2D eigenvalue weighted by Gasteiger charge is -2.30. The summed E-state index contributed by atoms with van der Waals surface area (Å²) in [6.07, 6.45) is 2.69. The maximum atomic E-state index is 14.4. The molecule has 0 saturated carbocycles. The molecule has 2 aliphatic heterocycles. The Labute approximate surface area is 225 Å². The number of thioether (sulfide) groups is 1. The van der Waals surface area contributed by atoms with Gasteiger partial charge in [-0.2, -0.15) is 0 Å². The molecular weight excluding hydrogens is 495 g/mol. The van der Waals surface area contributed by atoms with Crippen LogP contribution in [-0.2, 0) is 24.3 Å². The van der Waals surface area contributed by atoms with E-state index in [4.69, 9.17) is 0 Å². The third-order valence-corrected chi connectivity index (χ3v) is 8.07. The van der Waals surface area contributed by atoms with Crippen LogP contribution in [0.2, 0.25) is 0 Å². The number of carbonyl (C=O) groups is 2. The molecule has 4 nitrogen and oxygen atoms in total. The number of halogens is 1. The molecule has 188 valence electrons. The normalized spacial score (nSPS) is 15.8. The Hall–Kier alpha value is -4.16. The summed E-state index contributed by atoms with van der Waals surface area (Å²) in [6.45, 7) is 1.46. The first-order chi connectivity index (χ1) is 18.6. The first-order valence-corrected chi connectivity index (χ1v) is 13.4. The fourth-order valence-electron chi connectivity index (χ4n) is 4.94. The summed E-state index contributed by atoms with van der Waals surface area (Å²) >= 11 is 1.41. The summed E-state index contributed by atoms with van der Waals surface area (Å²) in [6, 6.07) is 29.8. The minimum Gasteiger partial charge on any atom is -0.334 e. The van der Waals surface area contributed by atoms with E-state index in [9.17, 15) is 14.0 Å². The van der Waals surface area contributed by atoms with Crippen LogP contribution in [0.25, 0.3) is 6.08 Å². The molecule has 0 bridgehead atoms. The number of carbonyl (C=O) groups excluding carboxylic acids is 2. The van der Waals surface area contributed by atoms with Gasteiger partial charge in [-0.15, -0.1) is 0 Å². The van der Waals surface area contributed by atoms with Crippen molar-refractivity contribution in [2.24, 2.45) is 0 Å². The Morgan fingerprint density at radius 2 is 1.58 bits per heavy atom. The Balaban J connectivity index is 1.23. The number of nitrogens with zero attached hydrogens (tertiary/aromatic N) is 2. The molecule has 2 aliphatic rings. The van der Waals surface area contributed by atoms with Crippen LogP contribution in [-0.4, -0.2) is 23.3 Å². The minimum atomic E-state index is -0.334. The van der Waals surface area contributed by atoms with Gasteiger partial charge < -0.3 is 9.80 Å². The zero-order valence-corrected chi connectivity index (χ0v) is 21.5. The van der Waals surface area contributed by atoms with Gasteiger partial charge in [0.15, 0.2) is 0 Å². The van der Waals surface area contributed by atoms with Crippen molar-refractivity contribution in [3.8, 4) is 0 Å². The average molecular weight is 521 g/mol. The number of fused-ring (bicyclic) bond motifs is 2. The van der Waals surface area contributed by atoms with Gasteiger partial charge in [0.25, 0.3) is 11.8 Å². The predicted molar refractivity (Wildman–Crippen MR) is 149 cm³/mol. The second kappa shape index (κ2) is 10.3. The lowest BCUT2D eigenvalue weighted by atomic mass is 9.99. The number of hydrogen-bond donors (Lipinski definition) is 0. The highest BCUT2D eigenvalue weighted by Crippen LogP contribution is 2.42. The van der Waals surface area contributed by atoms with E-state index >= 15 is 0 Å². The molecular formula is C32H25FN2O2S. The lowest BCUT2D eigenvalue weighted by Crippen LogP contribution is -2.35. The minimum absolute atomic E-state index is 0.00631. The third-order valence-electron chi connectivity index (χ3n) is 6.99. The van der Waals surface area contributed by atoms with E-state index in [-0.39, 0.29) is 24.2 Å². The highest BCUT2D eigenvalue weighted by molar-refractivity contribution is 8.04. The highest BCUT2D eigenvalue weighted by atomic mass is 32.2. The van der Waals surface area contributed by atoms with E-state index in [1.807, 2.05) is 71.6 Å². The van der Waals surface area contributed by atoms with Crippen molar-refractivity contribution in [3.05, 3.63) is 136 Å². The van der Waals surface area contributed by atoms with Crippen molar-refractivity contribution >= 4 is 35.3 Å². The predicted octanol–water partition coefficient (Wildman–Crippen LogP) is 6.70. The van der Waals surface area contributed by atoms with Crippen molar-refractivity contribution in [1.82, 2.24) is 4.90 Å². The van der Waals surface area contributed by atoms with Gasteiger partial charge in [-0.25, -0.2) is 4.39 Å². The Morgan fingerprint density at radius 1 is 0.868 bits per heavy atom. The molecule has 2 amide bonds. The third kappa shape index (κ3) is 4.75. The van der Waals surface area contributed by atoms with Gasteiger partial charge in [0.1, 0.15) is 5.82 Å². The molecule has 0 N–H and O–H groups in total. The molecule has 6 heteroatoms. The van der Waals surface area contributed by atoms with Crippen LogP contribution in [0.15, 0.2) is 107 Å². The Bertz CT molecular complexity index is 1560. The quantitative estimate of drug-likeness (QED) is 0.281. The molecule has 6 rings (SSSR count). The van der Waals surface area contributed by atoms with Crippen molar-refractivity contribution < 1.29 is 14.0 Å². The number of para-hydroxylation sites is 1. The molecule has 0 aliphatic carbocycles. The summed E-state index contributed by atoms with van der Waals surface area (Å²) in [5.74, 6) is -0.505. The van der Waals surface area contributed by atoms with Crippen molar-refractivity contribution in [1.29, 1.82) is 0 Å². The monoisotopic (exact) mass is 520 g/mol. The van der Waals surface area contributed by atoms with Crippen molar-refractivity contribution in [3.63, 3.8) is 0 Å². The number of benzene rings is 4. The molecule has 0 saturated heterocycles. The van der Waals surface area contributed by atoms with Gasteiger partial charge in [-0.05, 0) is 59.5 Å². The summed E-state index contributed by atoms with van der Waals surface area (Å²) in [5.41, 5.74) is 5.18. The van der Waals surface area contributed by atoms with Crippen LogP contribution < -0.4 is 4.90 Å². The van der Waals surface area contributed by atoms with Crippen LogP contribution in [0.4, 0.5) is 10.1 Å². The highest BCUT2D eigenvalue weighted by Gasteiger charge is 2.29. The van der Waals surface area contributed by atoms with Gasteiger partial charge in [-0.3, -0.25) is 9.59 Å². The van der Waals surface area contributed by atoms with Gasteiger partial charge >= 0.3 is 0 Å². The molecule has 38 heavy (non-hydrogen) atoms. The van der Waals surface area contributed by atoms with Crippen molar-refractivity contribution in [2.75, 3.05) is 11.4 Å². The lowest BCUT2D eigenvalue weighted by molar-refractivity contribution is -0.114. The number of amides is 2. The van der Waals surface area contributed by atoms with E-state index in [1.54, 1.807) is 23.1 Å². The first-order valence-electron chi connectivity index (χ1n) is 12.6. The van der Waals surface area contributed by atoms with E-state index in [0.717, 1.165) is 22.6 Å². The first kappa shape index (κ1) is 24.2. The summed E-state index contributed by atoms with van der Waals surface area (Å²) in [5, 5.41) is 0. The molecule has 0 fully saturated rings. The SMILES string of the molecule is O=C(c1ccc(/C=C2\Sc3ccccc3N(Cc3ccccc3F)C2=O)cc1)N1CCc2ccccc2C1. The van der Waals surface area contributed by atoms with E-state index in [1.165, 1.54) is 29.0 Å². The number of rotatable bonds is 4. The smallest absolute Gasteiger partial charge is 0.265 e. The fourth-order valence-corrected chi connectivity index (χ4v) is 6.00. The van der Waals surface area contributed by atoms with E-state index in [0.29, 0.717) is 29.1 Å². The standard InChI is InChI=1S/C32H25FN2O2S/c33-27-10-4-3-9-26(27)21-35-28-11-5-6-12-29(28)38-30(32(35)37)19-22-13-15-24(16-14-22)31(36)34-18-17-23-7-1-2-8-25(23)20-34/h1-16,19H,17-18,20-21H2/b30-19-. The van der Waals surface area contributed by atoms with Gasteiger partial charge in [0, 0.05) is 29.1 Å². The molecule has 0 aromatic heterocycles. The van der Waals surface area contributed by atoms with Gasteiger partial charge in [-0.1, -0.05) is 78.5 Å². The Kier molecular flexibility index (Phi) is 6.56. The van der Waals surface area contributed by atoms with E-state index in [2.05, 4.69) is 12.1 Å². The molecule has 0 unspecified atom stereocenters. The molecule has 0 atom stereocenters. The molecule has 0 radical (unpaired) electrons. The number of anilines is 1. The Morgan fingerprint density at radius 3 is 2.39 bits per heavy atom. The summed E-state index contributed by atoms with van der Waals surface area (Å²) in [7, 11) is 0. The zero-order valence-electron chi connectivity index (χ0n) is 20.6. The zero-order chi connectivity index (χ0) is 26.1. The van der Waals surface area contributed by atoms with E-state index < -0.39 is 0 Å². The maximum absolute atomic E-state index is 14.4. The molecule has 2 heterocycles. The van der Waals surface area contributed by atoms with Crippen LogP contribution >= 0.6 is 11.8 Å². The van der Waals surface area contributed by atoms with Crippen molar-refractivity contribution in [2.45, 2.75) is 24.4 Å². The van der Waals surface area contributed by atoms with Gasteiger partial charge in [0.2, 0.25) is 0 Å². The van der Waals surface area contributed by atoms with Gasteiger partial charge in [0.05, 0.1) is 17.1 Å². The molecule has 4 aromatic carbocycles.